The normalized spacial score (nSPS) is 39.4. The molecule has 0 aromatic heterocycles. The Morgan fingerprint density at radius 1 is 1.37 bits per heavy atom. The van der Waals surface area contributed by atoms with Crippen LogP contribution in [0.5, 0.6) is 0 Å². The first-order valence-electron chi connectivity index (χ1n) is 10.5. The molecule has 1 aromatic rings. The van der Waals surface area contributed by atoms with Crippen molar-refractivity contribution in [2.24, 2.45) is 11.3 Å². The molecule has 0 radical (unpaired) electrons. The lowest BCUT2D eigenvalue weighted by Crippen LogP contribution is -2.83. The quantitative estimate of drug-likeness (QED) is 0.595. The summed E-state index contributed by atoms with van der Waals surface area (Å²) in [7, 11) is 5.46. The summed E-state index contributed by atoms with van der Waals surface area (Å²) in [6.45, 7) is 2.16. The van der Waals surface area contributed by atoms with Crippen LogP contribution in [0.2, 0.25) is 0 Å². The van der Waals surface area contributed by atoms with Crippen LogP contribution in [-0.2, 0) is 24.5 Å². The predicted molar refractivity (Wildman–Crippen MR) is 110 cm³/mol. The van der Waals surface area contributed by atoms with Crippen molar-refractivity contribution in [2.45, 2.75) is 36.9 Å². The van der Waals surface area contributed by atoms with Gasteiger partial charge in [-0.1, -0.05) is 24.3 Å². The van der Waals surface area contributed by atoms with Crippen molar-refractivity contribution < 1.29 is 24.2 Å². The van der Waals surface area contributed by atoms with Gasteiger partial charge in [0, 0.05) is 30.8 Å². The zero-order valence-corrected chi connectivity index (χ0v) is 17.8. The van der Waals surface area contributed by atoms with E-state index in [-0.39, 0.29) is 0 Å². The summed E-state index contributed by atoms with van der Waals surface area (Å²) in [5.41, 5.74) is -0.0244. The summed E-state index contributed by atoms with van der Waals surface area (Å²) in [6.07, 6.45) is 2.45. The molecule has 1 N–H and O–H groups in total. The third kappa shape index (κ3) is 1.70. The molecule has 7 heteroatoms. The third-order valence-corrected chi connectivity index (χ3v) is 8.49. The van der Waals surface area contributed by atoms with Crippen LogP contribution < -0.4 is 4.90 Å². The molecule has 6 rings (SSSR count). The van der Waals surface area contributed by atoms with Gasteiger partial charge in [-0.3, -0.25) is 9.69 Å². The molecule has 4 aliphatic heterocycles. The predicted octanol–water partition coefficient (Wildman–Crippen LogP) is 1.45. The Morgan fingerprint density at radius 2 is 2.10 bits per heavy atom. The van der Waals surface area contributed by atoms with Crippen molar-refractivity contribution in [3.05, 3.63) is 41.5 Å². The van der Waals surface area contributed by atoms with Crippen molar-refractivity contribution >= 4 is 17.6 Å². The van der Waals surface area contributed by atoms with Crippen molar-refractivity contribution in [2.75, 3.05) is 39.3 Å². The van der Waals surface area contributed by atoms with E-state index in [2.05, 4.69) is 29.0 Å². The lowest BCUT2D eigenvalue weighted by molar-refractivity contribution is -0.241. The minimum absolute atomic E-state index is 0.394. The van der Waals surface area contributed by atoms with E-state index >= 15 is 0 Å². The van der Waals surface area contributed by atoms with E-state index in [1.165, 1.54) is 7.11 Å². The monoisotopic (exact) mass is 412 g/mol. The van der Waals surface area contributed by atoms with Crippen molar-refractivity contribution in [1.29, 1.82) is 0 Å². The maximum Gasteiger partial charge on any atom is 0.333 e. The molecule has 160 valence electrons. The van der Waals surface area contributed by atoms with E-state index in [0.29, 0.717) is 18.4 Å². The lowest BCUT2D eigenvalue weighted by Gasteiger charge is -2.67. The van der Waals surface area contributed by atoms with Crippen molar-refractivity contribution in [1.82, 2.24) is 4.90 Å². The Bertz CT molecular complexity index is 976. The smallest absolute Gasteiger partial charge is 0.333 e. The highest BCUT2D eigenvalue weighted by molar-refractivity contribution is 5.94. The van der Waals surface area contributed by atoms with Crippen molar-refractivity contribution in [3.63, 3.8) is 0 Å². The Morgan fingerprint density at radius 3 is 2.77 bits per heavy atom. The molecule has 1 aromatic carbocycles. The van der Waals surface area contributed by atoms with E-state index in [1.54, 1.807) is 13.0 Å². The number of para-hydroxylation sites is 1. The number of benzene rings is 1. The Labute approximate surface area is 176 Å². The number of hydrogen-bond acceptors (Lipinski definition) is 7. The molecular weight excluding hydrogens is 384 g/mol. The molecule has 1 saturated carbocycles. The van der Waals surface area contributed by atoms with E-state index in [4.69, 9.17) is 9.47 Å². The fraction of sp³-hybridized carbons (Fsp3) is 0.565. The highest BCUT2D eigenvalue weighted by Gasteiger charge is 2.86. The van der Waals surface area contributed by atoms with Crippen LogP contribution in [0, 0.1) is 11.3 Å². The molecule has 1 aliphatic carbocycles. The summed E-state index contributed by atoms with van der Waals surface area (Å²) >= 11 is 0. The van der Waals surface area contributed by atoms with Gasteiger partial charge in [0.15, 0.2) is 0 Å². The molecule has 5 atom stereocenters. The van der Waals surface area contributed by atoms with Gasteiger partial charge in [-0.25, -0.2) is 4.79 Å². The number of hydrogen-bond donors (Lipinski definition) is 1. The number of carbonyl (C=O) groups excluding carboxylic acids is 2. The van der Waals surface area contributed by atoms with Crippen LogP contribution in [0.25, 0.3) is 0 Å². The number of rotatable bonds is 3. The molecule has 4 heterocycles. The number of methoxy groups -OCH3 is 1. The van der Waals surface area contributed by atoms with Crippen LogP contribution in [-0.4, -0.2) is 68.1 Å². The topological polar surface area (TPSA) is 79.3 Å². The molecule has 30 heavy (non-hydrogen) atoms. The van der Waals surface area contributed by atoms with Gasteiger partial charge < -0.3 is 19.5 Å². The number of likely N-dealkylation sites (tertiary alicyclic amines) is 1. The molecule has 5 aliphatic rings. The number of aliphatic hydroxyl groups excluding tert-OH is 1. The number of esters is 2. The second kappa shape index (κ2) is 6.08. The van der Waals surface area contributed by atoms with E-state index in [9.17, 15) is 14.7 Å². The van der Waals surface area contributed by atoms with Crippen molar-refractivity contribution in [3.8, 4) is 0 Å². The maximum atomic E-state index is 13.7. The summed E-state index contributed by atoms with van der Waals surface area (Å²) in [5, 5.41) is 11.0. The second-order valence-electron chi connectivity index (χ2n) is 8.93. The number of allylic oxidation sites excluding steroid dienone is 1. The summed E-state index contributed by atoms with van der Waals surface area (Å²) in [6, 6.07) is 8.12. The van der Waals surface area contributed by atoms with Gasteiger partial charge in [-0.15, -0.1) is 0 Å². The first-order valence-corrected chi connectivity index (χ1v) is 10.5. The second-order valence-corrected chi connectivity index (χ2v) is 8.93. The zero-order chi connectivity index (χ0) is 21.5. The fourth-order valence-electron chi connectivity index (χ4n) is 7.57. The first-order chi connectivity index (χ1) is 14.4. The standard InChI is InChI=1S/C23H28N2O5/c1-5-14(19(27)29-4)16-12-18-23-22(10-11-24(23)2,21(16,13-26)20(28)30-18)15-8-6-7-9-17(15)25(23)3/h5-9,16,18,26H,10-13H2,1-4H3/b14-5+/t16-,18-,21-,22-,23+/m0/s1. The van der Waals surface area contributed by atoms with E-state index < -0.39 is 47.1 Å². The highest BCUT2D eigenvalue weighted by Crippen LogP contribution is 2.74. The summed E-state index contributed by atoms with van der Waals surface area (Å²) < 4.78 is 11.1. The van der Waals surface area contributed by atoms with Gasteiger partial charge in [-0.05, 0) is 38.4 Å². The number of carbonyl (C=O) groups is 2. The summed E-state index contributed by atoms with van der Waals surface area (Å²) in [4.78, 5) is 30.9. The average Bonchev–Trinajstić information content (AvgIpc) is 3.21. The largest absolute Gasteiger partial charge is 0.466 e. The van der Waals surface area contributed by atoms with Crippen LogP contribution in [0.1, 0.15) is 25.3 Å². The molecule has 3 saturated heterocycles. The molecular formula is C23H28N2O5. The molecule has 0 unspecified atom stereocenters. The number of ether oxygens (including phenoxy) is 2. The maximum absolute atomic E-state index is 13.7. The van der Waals surface area contributed by atoms with Crippen LogP contribution in [0.4, 0.5) is 5.69 Å². The Hall–Kier alpha value is -2.38. The molecule has 7 nitrogen and oxygen atoms in total. The number of aliphatic hydroxyl groups is 1. The van der Waals surface area contributed by atoms with Gasteiger partial charge in [-0.2, -0.15) is 0 Å². The number of likely N-dealkylation sites (N-methyl/N-ethyl adjacent to an activating group) is 2. The van der Waals surface area contributed by atoms with Gasteiger partial charge in [0.2, 0.25) is 0 Å². The highest BCUT2D eigenvalue weighted by atomic mass is 16.6. The minimum atomic E-state index is -1.27. The number of nitrogens with zero attached hydrogens (tertiary/aromatic N) is 2. The SMILES string of the molecule is C/C=C(/C(=O)OC)[C@@H]1C[C@@H]2OC(=O)[C@@]1(CO)[C@@]13CCN(C)[C@@]21N(C)c1ccccc13. The molecule has 2 bridgehead atoms. The lowest BCUT2D eigenvalue weighted by atomic mass is 9.43. The first kappa shape index (κ1) is 19.6. The fourth-order valence-corrected chi connectivity index (χ4v) is 7.57. The Balaban J connectivity index is 1.86. The number of fused-ring (bicyclic) bond motifs is 3. The number of anilines is 1. The third-order valence-electron chi connectivity index (χ3n) is 8.49. The molecule has 0 amide bonds. The Kier molecular flexibility index (Phi) is 3.97. The van der Waals surface area contributed by atoms with Crippen LogP contribution in [0.15, 0.2) is 35.9 Å². The summed E-state index contributed by atoms with van der Waals surface area (Å²) in [5.74, 6) is -1.35. The van der Waals surface area contributed by atoms with Gasteiger partial charge in [0.05, 0.1) is 19.1 Å². The zero-order valence-electron chi connectivity index (χ0n) is 17.8. The van der Waals surface area contributed by atoms with Crippen LogP contribution >= 0.6 is 0 Å². The average molecular weight is 412 g/mol. The van der Waals surface area contributed by atoms with Gasteiger partial charge in [0.25, 0.3) is 0 Å². The molecule has 4 fully saturated rings. The van der Waals surface area contributed by atoms with E-state index in [1.807, 2.05) is 19.2 Å². The van der Waals surface area contributed by atoms with Gasteiger partial charge in [0.1, 0.15) is 17.2 Å². The van der Waals surface area contributed by atoms with E-state index in [0.717, 1.165) is 17.8 Å². The van der Waals surface area contributed by atoms with Crippen LogP contribution in [0.3, 0.4) is 0 Å². The minimum Gasteiger partial charge on any atom is -0.466 e. The molecule has 0 spiro atoms. The van der Waals surface area contributed by atoms with Gasteiger partial charge >= 0.3 is 11.9 Å².